The van der Waals surface area contributed by atoms with Gasteiger partial charge in [-0.3, -0.25) is 19.4 Å². The Balaban J connectivity index is 2.23. The Hall–Kier alpha value is -2.09. The second-order valence-corrected chi connectivity index (χ2v) is 5.50. The molecule has 8 heteroatoms. The van der Waals surface area contributed by atoms with Gasteiger partial charge in [-0.05, 0) is 13.5 Å². The minimum atomic E-state index is -0.617. The maximum atomic E-state index is 11.9. The van der Waals surface area contributed by atoms with Crippen molar-refractivity contribution in [2.75, 3.05) is 33.2 Å². The van der Waals surface area contributed by atoms with E-state index in [4.69, 9.17) is 0 Å². The van der Waals surface area contributed by atoms with Gasteiger partial charge in [-0.1, -0.05) is 13.3 Å². The van der Waals surface area contributed by atoms with E-state index < -0.39 is 11.2 Å². The topological polar surface area (TPSA) is 93.9 Å². The molecule has 22 heavy (non-hydrogen) atoms. The number of likely N-dealkylation sites (N-methyl/N-ethyl adjacent to an activating group) is 1. The van der Waals surface area contributed by atoms with Crippen LogP contribution < -0.4 is 11.2 Å². The molecule has 0 spiro atoms. The molecule has 2 N–H and O–H groups in total. The van der Waals surface area contributed by atoms with Crippen LogP contribution in [-0.2, 0) is 6.54 Å². The molecule has 0 aromatic carbocycles. The molecule has 0 bridgehead atoms. The molecule has 0 amide bonds. The third kappa shape index (κ3) is 3.76. The van der Waals surface area contributed by atoms with Gasteiger partial charge in [-0.25, -0.2) is 4.79 Å². The van der Waals surface area contributed by atoms with Crippen molar-refractivity contribution >= 4 is 6.21 Å². The van der Waals surface area contributed by atoms with E-state index in [9.17, 15) is 14.7 Å². The Labute approximate surface area is 128 Å². The number of hydrazone groups is 1. The normalized spacial score (nSPS) is 16.5. The van der Waals surface area contributed by atoms with Crippen molar-refractivity contribution in [3.63, 3.8) is 0 Å². The number of aromatic nitrogens is 2. The summed E-state index contributed by atoms with van der Waals surface area (Å²) >= 11 is 0. The van der Waals surface area contributed by atoms with Crippen LogP contribution in [0.4, 0.5) is 0 Å². The number of hydrogen-bond acceptors (Lipinski definition) is 6. The Kier molecular flexibility index (Phi) is 5.37. The van der Waals surface area contributed by atoms with Crippen molar-refractivity contribution in [1.29, 1.82) is 0 Å². The highest BCUT2D eigenvalue weighted by atomic mass is 16.3. The SMILES string of the molecule is CCCCn1c(O)c(C=NN2CCN(C)CC2)c(=O)[nH]c1=O. The summed E-state index contributed by atoms with van der Waals surface area (Å²) in [6.07, 6.45) is 2.96. The zero-order chi connectivity index (χ0) is 16.1. The largest absolute Gasteiger partial charge is 0.494 e. The minimum Gasteiger partial charge on any atom is -0.494 e. The molecule has 2 heterocycles. The van der Waals surface area contributed by atoms with Crippen molar-refractivity contribution in [3.05, 3.63) is 26.4 Å². The first-order valence-corrected chi connectivity index (χ1v) is 7.56. The molecular weight excluding hydrogens is 286 g/mol. The van der Waals surface area contributed by atoms with E-state index in [0.29, 0.717) is 6.54 Å². The van der Waals surface area contributed by atoms with Gasteiger partial charge in [-0.15, -0.1) is 0 Å². The third-order valence-corrected chi connectivity index (χ3v) is 3.77. The number of nitrogens with one attached hydrogen (secondary N) is 1. The number of H-pyrrole nitrogens is 1. The molecule has 1 aromatic rings. The smallest absolute Gasteiger partial charge is 0.331 e. The van der Waals surface area contributed by atoms with Crippen LogP contribution in [0.15, 0.2) is 14.7 Å². The lowest BCUT2D eigenvalue weighted by Gasteiger charge is -2.30. The lowest BCUT2D eigenvalue weighted by molar-refractivity contribution is 0.159. The van der Waals surface area contributed by atoms with Crippen LogP contribution in [0.1, 0.15) is 25.3 Å². The molecule has 1 saturated heterocycles. The monoisotopic (exact) mass is 309 g/mol. The molecule has 8 nitrogen and oxygen atoms in total. The van der Waals surface area contributed by atoms with Crippen LogP contribution in [0.2, 0.25) is 0 Å². The molecule has 1 fully saturated rings. The maximum Gasteiger partial charge on any atom is 0.331 e. The second-order valence-electron chi connectivity index (χ2n) is 5.50. The average Bonchev–Trinajstić information content (AvgIpc) is 2.48. The first-order valence-electron chi connectivity index (χ1n) is 7.56. The van der Waals surface area contributed by atoms with E-state index >= 15 is 0 Å². The van der Waals surface area contributed by atoms with E-state index in [2.05, 4.69) is 15.0 Å². The zero-order valence-electron chi connectivity index (χ0n) is 13.1. The molecule has 0 unspecified atom stereocenters. The fourth-order valence-corrected chi connectivity index (χ4v) is 2.27. The predicted octanol–water partition coefficient (Wildman–Crippen LogP) is -0.376. The van der Waals surface area contributed by atoms with Crippen molar-refractivity contribution in [2.24, 2.45) is 5.10 Å². The van der Waals surface area contributed by atoms with E-state index in [1.165, 1.54) is 10.8 Å². The first-order chi connectivity index (χ1) is 10.5. The standard InChI is InChI=1S/C14H23N5O3/c1-3-4-5-19-13(21)11(12(20)16-14(19)22)10-15-18-8-6-17(2)7-9-18/h10,21H,3-9H2,1-2H3,(H,16,20,22). The predicted molar refractivity (Wildman–Crippen MR) is 84.6 cm³/mol. The molecule has 1 aromatic heterocycles. The number of unbranched alkanes of at least 4 members (excludes halogenated alkanes) is 1. The summed E-state index contributed by atoms with van der Waals surface area (Å²) < 4.78 is 1.18. The van der Waals surface area contributed by atoms with E-state index in [0.717, 1.165) is 39.0 Å². The van der Waals surface area contributed by atoms with Crippen LogP contribution in [0.3, 0.4) is 0 Å². The second kappa shape index (κ2) is 7.26. The van der Waals surface area contributed by atoms with Gasteiger partial charge in [0.2, 0.25) is 5.88 Å². The summed E-state index contributed by atoms with van der Waals surface area (Å²) in [6, 6.07) is 0. The minimum absolute atomic E-state index is 0.0228. The quantitative estimate of drug-likeness (QED) is 0.723. The summed E-state index contributed by atoms with van der Waals surface area (Å²) in [5, 5.41) is 16.3. The van der Waals surface area contributed by atoms with Gasteiger partial charge < -0.3 is 10.0 Å². The summed E-state index contributed by atoms with van der Waals surface area (Å²) in [5.74, 6) is -0.319. The summed E-state index contributed by atoms with van der Waals surface area (Å²) in [7, 11) is 2.04. The summed E-state index contributed by atoms with van der Waals surface area (Å²) in [4.78, 5) is 28.0. The molecule has 122 valence electrons. The van der Waals surface area contributed by atoms with Crippen LogP contribution in [0.25, 0.3) is 0 Å². The first kappa shape index (κ1) is 16.3. The number of nitrogens with zero attached hydrogens (tertiary/aromatic N) is 4. The van der Waals surface area contributed by atoms with Crippen LogP contribution in [0.5, 0.6) is 5.88 Å². The highest BCUT2D eigenvalue weighted by Crippen LogP contribution is 2.09. The fourth-order valence-electron chi connectivity index (χ4n) is 2.27. The average molecular weight is 309 g/mol. The van der Waals surface area contributed by atoms with Gasteiger partial charge in [0.1, 0.15) is 5.56 Å². The number of hydrogen-bond donors (Lipinski definition) is 2. The van der Waals surface area contributed by atoms with Crippen molar-refractivity contribution in [2.45, 2.75) is 26.3 Å². The Bertz CT molecular complexity index is 641. The van der Waals surface area contributed by atoms with Crippen LogP contribution in [-0.4, -0.2) is 64.0 Å². The van der Waals surface area contributed by atoms with E-state index in [1.807, 2.05) is 19.0 Å². The highest BCUT2D eigenvalue weighted by molar-refractivity contribution is 5.81. The number of aromatic hydroxyl groups is 1. The molecule has 0 aliphatic carbocycles. The Morgan fingerprint density at radius 3 is 2.59 bits per heavy atom. The molecule has 1 aliphatic rings. The number of rotatable bonds is 5. The Morgan fingerprint density at radius 1 is 1.27 bits per heavy atom. The zero-order valence-corrected chi connectivity index (χ0v) is 13.1. The highest BCUT2D eigenvalue weighted by Gasteiger charge is 2.14. The molecule has 0 saturated carbocycles. The lowest BCUT2D eigenvalue weighted by Crippen LogP contribution is -2.42. The van der Waals surface area contributed by atoms with Crippen LogP contribution >= 0.6 is 0 Å². The van der Waals surface area contributed by atoms with Gasteiger partial charge in [0, 0.05) is 32.7 Å². The van der Waals surface area contributed by atoms with Crippen molar-refractivity contribution in [1.82, 2.24) is 19.5 Å². The van der Waals surface area contributed by atoms with Gasteiger partial charge in [0.15, 0.2) is 0 Å². The summed E-state index contributed by atoms with van der Waals surface area (Å²) in [5.41, 5.74) is -1.18. The van der Waals surface area contributed by atoms with E-state index in [1.54, 1.807) is 0 Å². The van der Waals surface area contributed by atoms with Crippen LogP contribution in [0, 0.1) is 0 Å². The van der Waals surface area contributed by atoms with Crippen molar-refractivity contribution < 1.29 is 5.11 Å². The summed E-state index contributed by atoms with van der Waals surface area (Å²) in [6.45, 7) is 5.68. The molecule has 0 atom stereocenters. The molecular formula is C14H23N5O3. The molecule has 1 aliphatic heterocycles. The molecule has 2 rings (SSSR count). The van der Waals surface area contributed by atoms with Gasteiger partial charge in [-0.2, -0.15) is 5.10 Å². The molecule has 0 radical (unpaired) electrons. The fraction of sp³-hybridized carbons (Fsp3) is 0.643. The number of piperazine rings is 1. The Morgan fingerprint density at radius 2 is 1.95 bits per heavy atom. The number of aromatic amines is 1. The van der Waals surface area contributed by atoms with Crippen molar-refractivity contribution in [3.8, 4) is 5.88 Å². The van der Waals surface area contributed by atoms with Gasteiger partial charge in [0.05, 0.1) is 6.21 Å². The van der Waals surface area contributed by atoms with E-state index in [-0.39, 0.29) is 11.4 Å². The third-order valence-electron chi connectivity index (χ3n) is 3.77. The maximum absolute atomic E-state index is 11.9. The van der Waals surface area contributed by atoms with Gasteiger partial charge >= 0.3 is 5.69 Å². The lowest BCUT2D eigenvalue weighted by atomic mass is 10.3. The van der Waals surface area contributed by atoms with Gasteiger partial charge in [0.25, 0.3) is 5.56 Å².